The van der Waals surface area contributed by atoms with Crippen LogP contribution in [0.25, 0.3) is 0 Å². The van der Waals surface area contributed by atoms with Gasteiger partial charge in [-0.1, -0.05) is 0 Å². The summed E-state index contributed by atoms with van der Waals surface area (Å²) in [5.41, 5.74) is 1.39. The van der Waals surface area contributed by atoms with Crippen molar-refractivity contribution in [1.29, 1.82) is 0 Å². The molecule has 1 fully saturated rings. The maximum absolute atomic E-state index is 4.08. The minimum absolute atomic E-state index is 0.636. The van der Waals surface area contributed by atoms with Crippen LogP contribution in [-0.4, -0.2) is 42.1 Å². The van der Waals surface area contributed by atoms with Gasteiger partial charge in [0.1, 0.15) is 0 Å². The summed E-state index contributed by atoms with van der Waals surface area (Å²) in [4.78, 5) is 6.72. The Kier molecular flexibility index (Phi) is 5.80. The molecule has 1 N–H and O–H groups in total. The van der Waals surface area contributed by atoms with E-state index in [2.05, 4.69) is 41.2 Å². The summed E-state index contributed by atoms with van der Waals surface area (Å²) in [6.07, 6.45) is 7.58. The summed E-state index contributed by atoms with van der Waals surface area (Å²) in [6.45, 7) is 9.43. The molecule has 0 saturated carbocycles. The standard InChI is InChI=1S/C16H27N3/c1-14(2)19(13-16-5-10-18-11-6-16)12-7-15-3-8-17-9-4-15/h3-4,8-9,14,16,18H,5-7,10-13H2,1-2H3. The van der Waals surface area contributed by atoms with Crippen LogP contribution in [0.4, 0.5) is 0 Å². The third kappa shape index (κ3) is 4.92. The molecule has 0 aromatic carbocycles. The topological polar surface area (TPSA) is 28.2 Å². The number of piperidine rings is 1. The van der Waals surface area contributed by atoms with Crippen LogP contribution < -0.4 is 5.32 Å². The van der Waals surface area contributed by atoms with Crippen molar-refractivity contribution < 1.29 is 0 Å². The zero-order chi connectivity index (χ0) is 13.5. The van der Waals surface area contributed by atoms with Gasteiger partial charge in [0.25, 0.3) is 0 Å². The molecule has 0 radical (unpaired) electrons. The van der Waals surface area contributed by atoms with Gasteiger partial charge in [0.05, 0.1) is 0 Å². The minimum atomic E-state index is 0.636. The Bertz CT molecular complexity index is 344. The third-order valence-corrected chi connectivity index (χ3v) is 4.12. The second kappa shape index (κ2) is 7.61. The number of pyridine rings is 1. The molecule has 0 amide bonds. The van der Waals surface area contributed by atoms with E-state index in [0.29, 0.717) is 6.04 Å². The van der Waals surface area contributed by atoms with Crippen molar-refractivity contribution in [3.05, 3.63) is 30.1 Å². The summed E-state index contributed by atoms with van der Waals surface area (Å²) >= 11 is 0. The predicted molar refractivity (Wildman–Crippen MR) is 80.2 cm³/mol. The van der Waals surface area contributed by atoms with Crippen LogP contribution in [0.15, 0.2) is 24.5 Å². The highest BCUT2D eigenvalue weighted by Crippen LogP contribution is 2.15. The molecule has 3 heteroatoms. The van der Waals surface area contributed by atoms with E-state index in [1.54, 1.807) is 0 Å². The van der Waals surface area contributed by atoms with E-state index < -0.39 is 0 Å². The fourth-order valence-corrected chi connectivity index (χ4v) is 2.78. The third-order valence-electron chi connectivity index (χ3n) is 4.12. The maximum atomic E-state index is 4.08. The van der Waals surface area contributed by atoms with E-state index in [4.69, 9.17) is 0 Å². The molecule has 1 aliphatic heterocycles. The highest BCUT2D eigenvalue weighted by Gasteiger charge is 2.18. The molecule has 1 aromatic rings. The van der Waals surface area contributed by atoms with Gasteiger partial charge >= 0.3 is 0 Å². The highest BCUT2D eigenvalue weighted by atomic mass is 15.1. The molecule has 0 aliphatic carbocycles. The molecule has 3 nitrogen and oxygen atoms in total. The summed E-state index contributed by atoms with van der Waals surface area (Å²) in [5.74, 6) is 0.876. The molecule has 0 atom stereocenters. The summed E-state index contributed by atoms with van der Waals surface area (Å²) in [7, 11) is 0. The summed E-state index contributed by atoms with van der Waals surface area (Å²) in [5, 5.41) is 3.45. The lowest BCUT2D eigenvalue weighted by Crippen LogP contribution is -2.40. The molecule has 0 spiro atoms. The Hall–Kier alpha value is -0.930. The quantitative estimate of drug-likeness (QED) is 0.852. The van der Waals surface area contributed by atoms with Crippen molar-refractivity contribution in [1.82, 2.24) is 15.2 Å². The van der Waals surface area contributed by atoms with Gasteiger partial charge in [-0.25, -0.2) is 0 Å². The lowest BCUT2D eigenvalue weighted by molar-refractivity contribution is 0.171. The van der Waals surface area contributed by atoms with Gasteiger partial charge in [0.15, 0.2) is 0 Å². The van der Waals surface area contributed by atoms with Gasteiger partial charge in [0, 0.05) is 31.5 Å². The summed E-state index contributed by atoms with van der Waals surface area (Å²) in [6, 6.07) is 4.89. The second-order valence-electron chi connectivity index (χ2n) is 5.89. The van der Waals surface area contributed by atoms with Crippen LogP contribution in [0.2, 0.25) is 0 Å². The molecule has 106 valence electrons. The number of rotatable bonds is 6. The molecule has 1 aromatic heterocycles. The summed E-state index contributed by atoms with van der Waals surface area (Å²) < 4.78 is 0. The van der Waals surface area contributed by atoms with Gasteiger partial charge in [-0.2, -0.15) is 0 Å². The maximum Gasteiger partial charge on any atom is 0.0270 e. The minimum Gasteiger partial charge on any atom is -0.317 e. The van der Waals surface area contributed by atoms with E-state index >= 15 is 0 Å². The first kappa shape index (κ1) is 14.5. The van der Waals surface area contributed by atoms with Gasteiger partial charge < -0.3 is 10.2 Å². The highest BCUT2D eigenvalue weighted by molar-refractivity contribution is 5.09. The average Bonchev–Trinajstić information content (AvgIpc) is 2.45. The lowest BCUT2D eigenvalue weighted by Gasteiger charge is -2.32. The first-order valence-corrected chi connectivity index (χ1v) is 7.59. The van der Waals surface area contributed by atoms with Crippen molar-refractivity contribution >= 4 is 0 Å². The SMILES string of the molecule is CC(C)N(CCc1ccncc1)CC1CCNCC1. The zero-order valence-corrected chi connectivity index (χ0v) is 12.3. The van der Waals surface area contributed by atoms with Crippen LogP contribution in [0.1, 0.15) is 32.3 Å². The average molecular weight is 261 g/mol. The van der Waals surface area contributed by atoms with E-state index in [9.17, 15) is 0 Å². The van der Waals surface area contributed by atoms with Crippen LogP contribution in [0, 0.1) is 5.92 Å². The smallest absolute Gasteiger partial charge is 0.0270 e. The normalized spacial score (nSPS) is 17.3. The molecule has 2 rings (SSSR count). The van der Waals surface area contributed by atoms with Crippen molar-refractivity contribution in [2.75, 3.05) is 26.2 Å². The second-order valence-corrected chi connectivity index (χ2v) is 5.89. The zero-order valence-electron chi connectivity index (χ0n) is 12.3. The first-order valence-electron chi connectivity index (χ1n) is 7.59. The largest absolute Gasteiger partial charge is 0.317 e. The number of hydrogen-bond acceptors (Lipinski definition) is 3. The monoisotopic (exact) mass is 261 g/mol. The van der Waals surface area contributed by atoms with Crippen molar-refractivity contribution in [2.45, 2.75) is 39.2 Å². The van der Waals surface area contributed by atoms with Gasteiger partial charge in [-0.05, 0) is 69.8 Å². The van der Waals surface area contributed by atoms with Crippen molar-refractivity contribution in [3.8, 4) is 0 Å². The Labute approximate surface area is 117 Å². The molecule has 0 unspecified atom stereocenters. The number of nitrogens with one attached hydrogen (secondary N) is 1. The van der Waals surface area contributed by atoms with E-state index in [1.807, 2.05) is 12.4 Å². The Balaban J connectivity index is 1.82. The number of aromatic nitrogens is 1. The van der Waals surface area contributed by atoms with Crippen molar-refractivity contribution in [3.63, 3.8) is 0 Å². The van der Waals surface area contributed by atoms with E-state index in [1.165, 1.54) is 38.0 Å². The lowest BCUT2D eigenvalue weighted by atomic mass is 9.97. The van der Waals surface area contributed by atoms with Crippen LogP contribution in [-0.2, 0) is 6.42 Å². The molecule has 2 heterocycles. The van der Waals surface area contributed by atoms with Gasteiger partial charge in [-0.15, -0.1) is 0 Å². The number of hydrogen-bond donors (Lipinski definition) is 1. The fourth-order valence-electron chi connectivity index (χ4n) is 2.78. The van der Waals surface area contributed by atoms with Gasteiger partial charge in [-0.3, -0.25) is 4.98 Å². The van der Waals surface area contributed by atoms with E-state index in [0.717, 1.165) is 18.9 Å². The van der Waals surface area contributed by atoms with Crippen LogP contribution >= 0.6 is 0 Å². The first-order chi connectivity index (χ1) is 9.25. The molecule has 1 aliphatic rings. The van der Waals surface area contributed by atoms with Crippen LogP contribution in [0.3, 0.4) is 0 Å². The Morgan fingerprint density at radius 3 is 2.58 bits per heavy atom. The molecular weight excluding hydrogens is 234 g/mol. The van der Waals surface area contributed by atoms with Gasteiger partial charge in [0.2, 0.25) is 0 Å². The molecule has 0 bridgehead atoms. The van der Waals surface area contributed by atoms with Crippen LogP contribution in [0.5, 0.6) is 0 Å². The Morgan fingerprint density at radius 1 is 1.26 bits per heavy atom. The molecule has 19 heavy (non-hydrogen) atoms. The van der Waals surface area contributed by atoms with Crippen molar-refractivity contribution in [2.24, 2.45) is 5.92 Å². The predicted octanol–water partition coefficient (Wildman–Crippen LogP) is 2.33. The molecular formula is C16H27N3. The fraction of sp³-hybridized carbons (Fsp3) is 0.688. The van der Waals surface area contributed by atoms with E-state index in [-0.39, 0.29) is 0 Å². The number of nitrogens with zero attached hydrogens (tertiary/aromatic N) is 2. The molecule has 1 saturated heterocycles. The Morgan fingerprint density at radius 2 is 1.95 bits per heavy atom.